The number of benzene rings is 2. The number of fused-ring (bicyclic) bond motifs is 1. The first-order valence-corrected chi connectivity index (χ1v) is 8.41. The Morgan fingerprint density at radius 1 is 1.16 bits per heavy atom. The highest BCUT2D eigenvalue weighted by Crippen LogP contribution is 2.38. The van der Waals surface area contributed by atoms with E-state index in [0.717, 1.165) is 9.86 Å². The predicted octanol–water partition coefficient (Wildman–Crippen LogP) is 5.28. The quantitative estimate of drug-likeness (QED) is 0.624. The zero-order chi connectivity index (χ0) is 18.0. The Bertz CT molecular complexity index is 1000. The first-order chi connectivity index (χ1) is 12.1. The SMILES string of the molecule is COc1cc2ncc(C#N)c(Nc3ccc(Br)cc3Cl)c2cc1OC. The third kappa shape index (κ3) is 3.34. The van der Waals surface area contributed by atoms with E-state index in [1.54, 1.807) is 32.4 Å². The van der Waals surface area contributed by atoms with Crippen LogP contribution in [0.4, 0.5) is 11.4 Å². The highest BCUT2D eigenvalue weighted by Gasteiger charge is 2.15. The normalized spacial score (nSPS) is 10.4. The number of rotatable bonds is 4. The summed E-state index contributed by atoms with van der Waals surface area (Å²) in [6.45, 7) is 0. The average Bonchev–Trinajstić information content (AvgIpc) is 2.62. The molecular formula is C18H13BrClN3O2. The van der Waals surface area contributed by atoms with Crippen LogP contribution >= 0.6 is 27.5 Å². The van der Waals surface area contributed by atoms with E-state index >= 15 is 0 Å². The molecule has 0 fully saturated rings. The Morgan fingerprint density at radius 3 is 2.52 bits per heavy atom. The topological polar surface area (TPSA) is 67.2 Å². The number of ether oxygens (including phenoxy) is 2. The van der Waals surface area contributed by atoms with Gasteiger partial charge in [-0.3, -0.25) is 4.98 Å². The van der Waals surface area contributed by atoms with E-state index in [9.17, 15) is 5.26 Å². The van der Waals surface area contributed by atoms with Gasteiger partial charge in [0.2, 0.25) is 0 Å². The van der Waals surface area contributed by atoms with Gasteiger partial charge in [-0.15, -0.1) is 0 Å². The molecule has 0 amide bonds. The molecule has 1 N–H and O–H groups in total. The van der Waals surface area contributed by atoms with Crippen LogP contribution in [-0.2, 0) is 0 Å². The Balaban J connectivity index is 2.22. The molecule has 0 spiro atoms. The van der Waals surface area contributed by atoms with Crippen LogP contribution < -0.4 is 14.8 Å². The Kier molecular flexibility index (Phi) is 4.98. The number of nitrogens with one attached hydrogen (secondary N) is 1. The lowest BCUT2D eigenvalue weighted by molar-refractivity contribution is 0.356. The molecule has 1 heterocycles. The van der Waals surface area contributed by atoms with Gasteiger partial charge in [-0.2, -0.15) is 5.26 Å². The molecule has 1 aromatic heterocycles. The van der Waals surface area contributed by atoms with E-state index in [-0.39, 0.29) is 0 Å². The van der Waals surface area contributed by atoms with Crippen molar-refractivity contribution in [3.05, 3.63) is 51.6 Å². The molecule has 0 atom stereocenters. The van der Waals surface area contributed by atoms with Crippen LogP contribution in [0.3, 0.4) is 0 Å². The van der Waals surface area contributed by atoms with Gasteiger partial charge in [0.05, 0.1) is 41.7 Å². The number of anilines is 2. The van der Waals surface area contributed by atoms with Gasteiger partial charge in [-0.05, 0) is 24.3 Å². The molecule has 0 bridgehead atoms. The second kappa shape index (κ2) is 7.18. The minimum absolute atomic E-state index is 0.402. The summed E-state index contributed by atoms with van der Waals surface area (Å²) >= 11 is 9.68. The molecule has 0 saturated carbocycles. The van der Waals surface area contributed by atoms with Gasteiger partial charge < -0.3 is 14.8 Å². The number of hydrogen-bond donors (Lipinski definition) is 1. The third-order valence-corrected chi connectivity index (χ3v) is 4.49. The molecule has 5 nitrogen and oxygen atoms in total. The van der Waals surface area contributed by atoms with E-state index in [1.807, 2.05) is 12.1 Å². The second-order valence-corrected chi connectivity index (χ2v) is 6.46. The molecule has 25 heavy (non-hydrogen) atoms. The van der Waals surface area contributed by atoms with Crippen molar-refractivity contribution in [2.24, 2.45) is 0 Å². The Hall–Kier alpha value is -2.49. The summed E-state index contributed by atoms with van der Waals surface area (Å²) in [7, 11) is 3.12. The molecule has 0 saturated heterocycles. The highest BCUT2D eigenvalue weighted by atomic mass is 79.9. The van der Waals surface area contributed by atoms with Gasteiger partial charge >= 0.3 is 0 Å². The number of hydrogen-bond acceptors (Lipinski definition) is 5. The van der Waals surface area contributed by atoms with Crippen molar-refractivity contribution in [3.63, 3.8) is 0 Å². The van der Waals surface area contributed by atoms with Crippen LogP contribution in [0.5, 0.6) is 11.5 Å². The number of nitriles is 1. The summed E-state index contributed by atoms with van der Waals surface area (Å²) in [5.74, 6) is 1.12. The van der Waals surface area contributed by atoms with Crippen molar-refractivity contribution >= 4 is 49.8 Å². The van der Waals surface area contributed by atoms with Crippen molar-refractivity contribution in [3.8, 4) is 17.6 Å². The zero-order valence-electron chi connectivity index (χ0n) is 13.4. The van der Waals surface area contributed by atoms with Crippen LogP contribution in [0.25, 0.3) is 10.9 Å². The number of methoxy groups -OCH3 is 2. The fourth-order valence-corrected chi connectivity index (χ4v) is 3.18. The van der Waals surface area contributed by atoms with Gasteiger partial charge in [0.1, 0.15) is 6.07 Å². The minimum atomic E-state index is 0.402. The Labute approximate surface area is 158 Å². The molecule has 0 radical (unpaired) electrons. The van der Waals surface area contributed by atoms with Gasteiger partial charge in [0.25, 0.3) is 0 Å². The maximum Gasteiger partial charge on any atom is 0.162 e. The first-order valence-electron chi connectivity index (χ1n) is 7.24. The summed E-state index contributed by atoms with van der Waals surface area (Å²) in [5, 5.41) is 14.0. The van der Waals surface area contributed by atoms with Crippen molar-refractivity contribution in [2.75, 3.05) is 19.5 Å². The second-order valence-electron chi connectivity index (χ2n) is 5.13. The van der Waals surface area contributed by atoms with Crippen LogP contribution in [-0.4, -0.2) is 19.2 Å². The summed E-state index contributed by atoms with van der Waals surface area (Å²) in [6, 6.07) is 11.2. The lowest BCUT2D eigenvalue weighted by Gasteiger charge is -2.15. The van der Waals surface area contributed by atoms with Crippen molar-refractivity contribution in [1.29, 1.82) is 5.26 Å². The van der Waals surface area contributed by atoms with Crippen LogP contribution in [0.2, 0.25) is 5.02 Å². The van der Waals surface area contributed by atoms with E-state index < -0.39 is 0 Å². The summed E-state index contributed by atoms with van der Waals surface area (Å²) in [4.78, 5) is 4.34. The van der Waals surface area contributed by atoms with E-state index in [4.69, 9.17) is 21.1 Å². The van der Waals surface area contributed by atoms with Gasteiger partial charge in [-0.1, -0.05) is 27.5 Å². The number of halogens is 2. The summed E-state index contributed by atoms with van der Waals surface area (Å²) in [6.07, 6.45) is 1.52. The molecule has 126 valence electrons. The summed E-state index contributed by atoms with van der Waals surface area (Å²) < 4.78 is 11.6. The number of aromatic nitrogens is 1. The van der Waals surface area contributed by atoms with Crippen LogP contribution in [0.1, 0.15) is 5.56 Å². The molecule has 3 aromatic rings. The molecule has 3 rings (SSSR count). The number of nitrogens with zero attached hydrogens (tertiary/aromatic N) is 2. The predicted molar refractivity (Wildman–Crippen MR) is 102 cm³/mol. The molecule has 0 aliphatic heterocycles. The third-order valence-electron chi connectivity index (χ3n) is 3.68. The molecule has 0 aliphatic rings. The molecule has 0 unspecified atom stereocenters. The van der Waals surface area contributed by atoms with Crippen LogP contribution in [0, 0.1) is 11.3 Å². The maximum absolute atomic E-state index is 9.47. The number of pyridine rings is 1. The van der Waals surface area contributed by atoms with E-state index in [2.05, 4.69) is 32.3 Å². The fourth-order valence-electron chi connectivity index (χ4n) is 2.46. The maximum atomic E-state index is 9.47. The van der Waals surface area contributed by atoms with Crippen LogP contribution in [0.15, 0.2) is 41.0 Å². The van der Waals surface area contributed by atoms with Gasteiger partial charge in [0, 0.05) is 22.1 Å². The monoisotopic (exact) mass is 417 g/mol. The largest absolute Gasteiger partial charge is 0.493 e. The molecule has 7 heteroatoms. The fraction of sp³-hybridized carbons (Fsp3) is 0.111. The lowest BCUT2D eigenvalue weighted by atomic mass is 10.1. The van der Waals surface area contributed by atoms with E-state index in [1.165, 1.54) is 6.20 Å². The van der Waals surface area contributed by atoms with Crippen molar-refractivity contribution in [1.82, 2.24) is 4.98 Å². The molecule has 0 aliphatic carbocycles. The van der Waals surface area contributed by atoms with Crippen molar-refractivity contribution in [2.45, 2.75) is 0 Å². The smallest absolute Gasteiger partial charge is 0.162 e. The Morgan fingerprint density at radius 2 is 1.88 bits per heavy atom. The first kappa shape index (κ1) is 17.3. The highest BCUT2D eigenvalue weighted by molar-refractivity contribution is 9.10. The van der Waals surface area contributed by atoms with Gasteiger partial charge in [0.15, 0.2) is 11.5 Å². The van der Waals surface area contributed by atoms with Crippen molar-refractivity contribution < 1.29 is 9.47 Å². The standard InChI is InChI=1S/C18H13BrClN3O2/c1-24-16-6-12-15(7-17(16)25-2)22-9-10(8-21)18(12)23-14-4-3-11(19)5-13(14)20/h3-7,9H,1-2H3,(H,22,23). The molecule has 2 aromatic carbocycles. The van der Waals surface area contributed by atoms with Gasteiger partial charge in [-0.25, -0.2) is 0 Å². The zero-order valence-corrected chi connectivity index (χ0v) is 15.8. The van der Waals surface area contributed by atoms with E-state index in [0.29, 0.717) is 39.0 Å². The summed E-state index contributed by atoms with van der Waals surface area (Å²) in [5.41, 5.74) is 2.37. The minimum Gasteiger partial charge on any atom is -0.493 e. The lowest BCUT2D eigenvalue weighted by Crippen LogP contribution is -1.99. The average molecular weight is 419 g/mol. The molecular weight excluding hydrogens is 406 g/mol.